The summed E-state index contributed by atoms with van der Waals surface area (Å²) in [5, 5.41) is 11.6. The first kappa shape index (κ1) is 27.6. The third-order valence-electron chi connectivity index (χ3n) is 7.93. The summed E-state index contributed by atoms with van der Waals surface area (Å²) in [7, 11) is 0. The highest BCUT2D eigenvalue weighted by molar-refractivity contribution is 6.31. The summed E-state index contributed by atoms with van der Waals surface area (Å²) in [5.41, 5.74) is 2.30. The number of nitrogens with one attached hydrogen (secondary N) is 2. The maximum absolute atomic E-state index is 14.1. The first-order chi connectivity index (χ1) is 19.9. The highest BCUT2D eigenvalue weighted by Crippen LogP contribution is 2.35. The van der Waals surface area contributed by atoms with Crippen LogP contribution in [0.3, 0.4) is 0 Å². The van der Waals surface area contributed by atoms with Gasteiger partial charge in [-0.05, 0) is 57.7 Å². The van der Waals surface area contributed by atoms with E-state index in [1.165, 1.54) is 6.42 Å². The average molecular weight is 581 g/mol. The molecule has 0 saturated carbocycles. The largest absolute Gasteiger partial charge is 0.447 e. The third kappa shape index (κ3) is 5.78. The second-order valence-electron chi connectivity index (χ2n) is 11.2. The van der Waals surface area contributed by atoms with Gasteiger partial charge >= 0.3 is 6.09 Å². The van der Waals surface area contributed by atoms with E-state index in [4.69, 9.17) is 26.4 Å². The predicted molar refractivity (Wildman–Crippen MR) is 159 cm³/mol. The molecule has 0 aliphatic carbocycles. The quantitative estimate of drug-likeness (QED) is 0.444. The van der Waals surface area contributed by atoms with Gasteiger partial charge in [0.1, 0.15) is 11.6 Å². The van der Waals surface area contributed by atoms with E-state index in [0.717, 1.165) is 81.5 Å². The van der Waals surface area contributed by atoms with E-state index in [1.807, 2.05) is 15.5 Å². The van der Waals surface area contributed by atoms with Gasteiger partial charge in [-0.15, -0.1) is 0 Å². The van der Waals surface area contributed by atoms with E-state index in [9.17, 15) is 9.59 Å². The van der Waals surface area contributed by atoms with Gasteiger partial charge in [0.25, 0.3) is 5.91 Å². The molecule has 3 fully saturated rings. The number of fused-ring (bicyclic) bond motifs is 1. The number of ether oxygens (including phenoxy) is 1. The number of piperidine rings is 1. The summed E-state index contributed by atoms with van der Waals surface area (Å²) < 4.78 is 7.19. The van der Waals surface area contributed by atoms with Crippen molar-refractivity contribution in [3.63, 3.8) is 0 Å². The van der Waals surface area contributed by atoms with Crippen molar-refractivity contribution in [3.05, 3.63) is 46.6 Å². The van der Waals surface area contributed by atoms with Gasteiger partial charge in [0.15, 0.2) is 5.65 Å². The Morgan fingerprint density at radius 2 is 1.83 bits per heavy atom. The smallest absolute Gasteiger partial charge is 0.411 e. The molecular formula is C29H37ClN8O3. The molecule has 5 heterocycles. The Kier molecular flexibility index (Phi) is 7.90. The number of likely N-dealkylation sites (tertiary alicyclic amines) is 1. The van der Waals surface area contributed by atoms with Gasteiger partial charge in [-0.1, -0.05) is 11.6 Å². The number of amides is 2. The number of carbonyl (C=O) groups excluding carboxylic acids is 2. The molecule has 1 aromatic carbocycles. The molecule has 0 spiro atoms. The Morgan fingerprint density at radius 3 is 2.56 bits per heavy atom. The molecule has 3 aromatic rings. The maximum atomic E-state index is 14.1. The van der Waals surface area contributed by atoms with Crippen molar-refractivity contribution < 1.29 is 14.3 Å². The number of hydrogen-bond donors (Lipinski definition) is 2. The van der Waals surface area contributed by atoms with Gasteiger partial charge in [-0.25, -0.2) is 9.78 Å². The first-order valence-electron chi connectivity index (χ1n) is 14.6. The van der Waals surface area contributed by atoms with Gasteiger partial charge in [-0.2, -0.15) is 9.61 Å². The Labute approximate surface area is 244 Å². The standard InChI is InChI=1S/C29H37ClN8O3/c1-19(2)41-29(40)32-22-8-7-20(30)16-21(22)28(39)37-13-4-3-6-24(37)23-17-26-33-25(35-11-5-12-35)18-27(38(26)34-23)36-14-9-31-10-15-36/h7-8,16-19,24,31H,3-6,9-15H2,1-2H3,(H,32,40)/t24-/m1/s1. The van der Waals surface area contributed by atoms with Crippen molar-refractivity contribution in [2.75, 3.05) is 60.9 Å². The summed E-state index contributed by atoms with van der Waals surface area (Å²) in [5.74, 6) is 1.80. The van der Waals surface area contributed by atoms with Crippen LogP contribution < -0.4 is 20.4 Å². The number of anilines is 3. The Bertz CT molecular complexity index is 1430. The van der Waals surface area contributed by atoms with Crippen LogP contribution in [-0.4, -0.2) is 83.4 Å². The molecule has 218 valence electrons. The molecule has 0 radical (unpaired) electrons. The lowest BCUT2D eigenvalue weighted by atomic mass is 9.98. The minimum absolute atomic E-state index is 0.203. The topological polar surface area (TPSA) is 107 Å². The van der Waals surface area contributed by atoms with E-state index in [2.05, 4.69) is 26.5 Å². The van der Waals surface area contributed by atoms with Crippen LogP contribution >= 0.6 is 11.6 Å². The highest BCUT2D eigenvalue weighted by Gasteiger charge is 2.33. The van der Waals surface area contributed by atoms with Crippen LogP contribution in [0.2, 0.25) is 5.02 Å². The number of aromatic nitrogens is 3. The van der Waals surface area contributed by atoms with Gasteiger partial charge in [0.05, 0.1) is 29.1 Å². The first-order valence-corrected chi connectivity index (χ1v) is 14.9. The van der Waals surface area contributed by atoms with Crippen LogP contribution in [0.5, 0.6) is 0 Å². The lowest BCUT2D eigenvalue weighted by Crippen LogP contribution is -2.44. The molecule has 6 rings (SSSR count). The normalized spacial score (nSPS) is 19.4. The molecule has 1 atom stereocenters. The molecule has 0 bridgehead atoms. The van der Waals surface area contributed by atoms with Crippen molar-refractivity contribution in [2.45, 2.75) is 51.7 Å². The Hall–Kier alpha value is -3.57. The van der Waals surface area contributed by atoms with E-state index < -0.39 is 6.09 Å². The van der Waals surface area contributed by atoms with Crippen LogP contribution in [0.15, 0.2) is 30.3 Å². The number of hydrogen-bond acceptors (Lipinski definition) is 8. The van der Waals surface area contributed by atoms with Gasteiger partial charge < -0.3 is 24.8 Å². The lowest BCUT2D eigenvalue weighted by Gasteiger charge is -2.35. The fraction of sp³-hybridized carbons (Fsp3) is 0.517. The SMILES string of the molecule is CC(C)OC(=O)Nc1ccc(Cl)cc1C(=O)N1CCCC[C@@H]1c1cc2nc(N3CCC3)cc(N3CCNCC3)n2n1. The number of halogens is 1. The molecule has 0 unspecified atom stereocenters. The second-order valence-corrected chi connectivity index (χ2v) is 11.6. The molecule has 3 aliphatic rings. The summed E-state index contributed by atoms with van der Waals surface area (Å²) in [6.07, 6.45) is 2.94. The molecule has 11 nitrogen and oxygen atoms in total. The van der Waals surface area contributed by atoms with Crippen molar-refractivity contribution >= 4 is 46.6 Å². The highest BCUT2D eigenvalue weighted by atomic mass is 35.5. The summed E-state index contributed by atoms with van der Waals surface area (Å²) >= 11 is 6.32. The average Bonchev–Trinajstić information content (AvgIpc) is 3.36. The number of rotatable bonds is 6. The molecule has 2 N–H and O–H groups in total. The zero-order valence-corrected chi connectivity index (χ0v) is 24.4. The summed E-state index contributed by atoms with van der Waals surface area (Å²) in [6.45, 7) is 9.78. The van der Waals surface area contributed by atoms with Gasteiger partial charge in [-0.3, -0.25) is 10.1 Å². The minimum atomic E-state index is -0.614. The van der Waals surface area contributed by atoms with Gasteiger partial charge in [0, 0.05) is 63.0 Å². The van der Waals surface area contributed by atoms with Crippen molar-refractivity contribution in [1.29, 1.82) is 0 Å². The Morgan fingerprint density at radius 1 is 1.02 bits per heavy atom. The van der Waals surface area contributed by atoms with Crippen LogP contribution in [-0.2, 0) is 4.74 Å². The maximum Gasteiger partial charge on any atom is 0.411 e. The third-order valence-corrected chi connectivity index (χ3v) is 8.17. The fourth-order valence-corrected chi connectivity index (χ4v) is 5.92. The van der Waals surface area contributed by atoms with Crippen LogP contribution in [0.4, 0.5) is 22.1 Å². The predicted octanol–water partition coefficient (Wildman–Crippen LogP) is 4.33. The molecule has 41 heavy (non-hydrogen) atoms. The fourth-order valence-electron chi connectivity index (χ4n) is 5.75. The van der Waals surface area contributed by atoms with Crippen molar-refractivity contribution in [1.82, 2.24) is 24.8 Å². The minimum Gasteiger partial charge on any atom is -0.447 e. The van der Waals surface area contributed by atoms with Crippen molar-refractivity contribution in [2.24, 2.45) is 0 Å². The zero-order valence-electron chi connectivity index (χ0n) is 23.6. The monoisotopic (exact) mass is 580 g/mol. The number of piperazine rings is 1. The van der Waals surface area contributed by atoms with E-state index in [-0.39, 0.29) is 18.1 Å². The van der Waals surface area contributed by atoms with Crippen LogP contribution in [0, 0.1) is 0 Å². The Balaban J connectivity index is 1.34. The number of benzene rings is 1. The van der Waals surface area contributed by atoms with E-state index in [0.29, 0.717) is 22.8 Å². The zero-order chi connectivity index (χ0) is 28.5. The number of nitrogens with zero attached hydrogens (tertiary/aromatic N) is 6. The van der Waals surface area contributed by atoms with Gasteiger partial charge in [0.2, 0.25) is 0 Å². The van der Waals surface area contributed by atoms with E-state index >= 15 is 0 Å². The molecule has 12 heteroatoms. The molecule has 2 aromatic heterocycles. The molecule has 3 aliphatic heterocycles. The van der Waals surface area contributed by atoms with E-state index in [1.54, 1.807) is 32.0 Å². The molecule has 2 amide bonds. The summed E-state index contributed by atoms with van der Waals surface area (Å²) in [4.78, 5) is 38.0. The van der Waals surface area contributed by atoms with Crippen molar-refractivity contribution in [3.8, 4) is 0 Å². The van der Waals surface area contributed by atoms with Crippen LogP contribution in [0.25, 0.3) is 5.65 Å². The summed E-state index contributed by atoms with van der Waals surface area (Å²) in [6, 6.07) is 8.85. The van der Waals surface area contributed by atoms with Crippen LogP contribution in [0.1, 0.15) is 61.6 Å². The lowest BCUT2D eigenvalue weighted by molar-refractivity contribution is 0.0607. The molecule has 3 saturated heterocycles. The second kappa shape index (κ2) is 11.7. The molecular weight excluding hydrogens is 544 g/mol. The number of carbonyl (C=O) groups is 2.